The Morgan fingerprint density at radius 3 is 2.57 bits per heavy atom. The molecule has 3 rings (SSSR count). The zero-order valence-corrected chi connectivity index (χ0v) is 16.9. The van der Waals surface area contributed by atoms with Crippen molar-refractivity contribution >= 4 is 34.3 Å². The number of benzene rings is 1. The minimum Gasteiger partial charge on any atom is -0.478 e. The van der Waals surface area contributed by atoms with E-state index >= 15 is 0 Å². The summed E-state index contributed by atoms with van der Waals surface area (Å²) in [6, 6.07) is 6.95. The highest BCUT2D eigenvalue weighted by Crippen LogP contribution is 2.30. The summed E-state index contributed by atoms with van der Waals surface area (Å²) in [5.74, 6) is 0.772. The lowest BCUT2D eigenvalue weighted by molar-refractivity contribution is -0.116. The number of hydrogen-bond acceptors (Lipinski definition) is 4. The van der Waals surface area contributed by atoms with Crippen LogP contribution in [0.25, 0.3) is 10.9 Å². The van der Waals surface area contributed by atoms with Crippen LogP contribution in [0.15, 0.2) is 24.3 Å². The number of aromatic carboxylic acids is 1. The monoisotopic (exact) mass is 383 g/mol. The summed E-state index contributed by atoms with van der Waals surface area (Å²) in [5.41, 5.74) is 1.45. The van der Waals surface area contributed by atoms with Gasteiger partial charge in [-0.15, -0.1) is 0 Å². The lowest BCUT2D eigenvalue weighted by atomic mass is 9.92. The topological polar surface area (TPSA) is 82.5 Å². The average Bonchev–Trinajstić information content (AvgIpc) is 2.64. The number of rotatable bonds is 6. The Labute approximate surface area is 165 Å². The van der Waals surface area contributed by atoms with Crippen LogP contribution in [-0.2, 0) is 4.79 Å². The Balaban J connectivity index is 1.94. The highest BCUT2D eigenvalue weighted by molar-refractivity contribution is 6.05. The van der Waals surface area contributed by atoms with Crippen LogP contribution in [0.4, 0.5) is 11.5 Å². The minimum absolute atomic E-state index is 0.0565. The zero-order valence-electron chi connectivity index (χ0n) is 16.9. The number of fused-ring (bicyclic) bond motifs is 1. The first-order chi connectivity index (χ1) is 13.4. The number of carbonyl (C=O) groups is 2. The third-order valence-electron chi connectivity index (χ3n) is 5.26. The first-order valence-electron chi connectivity index (χ1n) is 10.1. The van der Waals surface area contributed by atoms with Crippen LogP contribution in [0.2, 0.25) is 0 Å². The fourth-order valence-corrected chi connectivity index (χ4v) is 4.04. The molecule has 0 bridgehead atoms. The number of piperidine rings is 1. The van der Waals surface area contributed by atoms with Gasteiger partial charge in [0.15, 0.2) is 0 Å². The third-order valence-corrected chi connectivity index (χ3v) is 5.26. The molecule has 0 saturated carbocycles. The van der Waals surface area contributed by atoms with Gasteiger partial charge in [0, 0.05) is 30.6 Å². The standard InChI is InChI=1S/C22H29N3O3/c1-4-5-6-21(26)23-16-7-8-19-17(10-16)18(22(27)28)11-20(24-19)25-12-14(2)9-15(3)13-25/h7-8,10-11,14-15H,4-6,9,12-13H2,1-3H3,(H,23,26)(H,27,28)/t14-,15+. The molecule has 1 aromatic heterocycles. The molecule has 0 spiro atoms. The average molecular weight is 383 g/mol. The van der Waals surface area contributed by atoms with Crippen LogP contribution in [0, 0.1) is 11.8 Å². The van der Waals surface area contributed by atoms with Gasteiger partial charge in [-0.1, -0.05) is 27.2 Å². The Kier molecular flexibility index (Phi) is 6.17. The zero-order chi connectivity index (χ0) is 20.3. The molecule has 1 aromatic carbocycles. The molecule has 1 aliphatic rings. The summed E-state index contributed by atoms with van der Waals surface area (Å²) in [6.07, 6.45) is 3.42. The normalized spacial score (nSPS) is 19.6. The Bertz CT molecular complexity index is 871. The number of carboxylic acid groups (broad SMARTS) is 1. The number of aromatic nitrogens is 1. The quantitative estimate of drug-likeness (QED) is 0.765. The number of hydrogen-bond donors (Lipinski definition) is 2. The summed E-state index contributed by atoms with van der Waals surface area (Å²) >= 11 is 0. The maximum atomic E-state index is 12.0. The number of carboxylic acids is 1. The van der Waals surface area contributed by atoms with Crippen LogP contribution < -0.4 is 10.2 Å². The number of unbranched alkanes of at least 4 members (excludes halogenated alkanes) is 1. The van der Waals surface area contributed by atoms with Gasteiger partial charge in [0.2, 0.25) is 5.91 Å². The van der Waals surface area contributed by atoms with Crippen LogP contribution >= 0.6 is 0 Å². The van der Waals surface area contributed by atoms with Gasteiger partial charge in [0.1, 0.15) is 5.82 Å². The number of carbonyl (C=O) groups excluding carboxylic acids is 1. The first-order valence-corrected chi connectivity index (χ1v) is 10.1. The second-order valence-corrected chi connectivity index (χ2v) is 8.07. The first kappa shape index (κ1) is 20.1. The smallest absolute Gasteiger partial charge is 0.336 e. The summed E-state index contributed by atoms with van der Waals surface area (Å²) < 4.78 is 0. The van der Waals surface area contributed by atoms with Gasteiger partial charge in [-0.3, -0.25) is 4.79 Å². The summed E-state index contributed by atoms with van der Waals surface area (Å²) in [7, 11) is 0. The molecule has 2 N–H and O–H groups in total. The molecule has 0 unspecified atom stereocenters. The molecule has 2 aromatic rings. The fourth-order valence-electron chi connectivity index (χ4n) is 4.04. The van der Waals surface area contributed by atoms with Crippen molar-refractivity contribution in [3.63, 3.8) is 0 Å². The van der Waals surface area contributed by atoms with Crippen LogP contribution in [0.3, 0.4) is 0 Å². The summed E-state index contributed by atoms with van der Waals surface area (Å²) in [5, 5.41) is 13.2. The van der Waals surface area contributed by atoms with Gasteiger partial charge < -0.3 is 15.3 Å². The Hall–Kier alpha value is -2.63. The molecule has 2 atom stereocenters. The largest absolute Gasteiger partial charge is 0.478 e. The number of nitrogens with zero attached hydrogens (tertiary/aromatic N) is 2. The molecular formula is C22H29N3O3. The van der Waals surface area contributed by atoms with Crippen molar-refractivity contribution in [2.24, 2.45) is 11.8 Å². The van der Waals surface area contributed by atoms with E-state index in [1.54, 1.807) is 24.3 Å². The SMILES string of the molecule is CCCCC(=O)Nc1ccc2nc(N3C[C@H](C)C[C@H](C)C3)cc(C(=O)O)c2c1. The van der Waals surface area contributed by atoms with E-state index in [1.807, 2.05) is 6.92 Å². The van der Waals surface area contributed by atoms with E-state index in [9.17, 15) is 14.7 Å². The summed E-state index contributed by atoms with van der Waals surface area (Å²) in [6.45, 7) is 8.24. The van der Waals surface area contributed by atoms with Crippen molar-refractivity contribution in [1.29, 1.82) is 0 Å². The van der Waals surface area contributed by atoms with Gasteiger partial charge in [-0.25, -0.2) is 9.78 Å². The second kappa shape index (κ2) is 8.59. The molecule has 1 fully saturated rings. The van der Waals surface area contributed by atoms with E-state index in [1.165, 1.54) is 6.42 Å². The molecule has 28 heavy (non-hydrogen) atoms. The molecule has 0 aliphatic carbocycles. The van der Waals surface area contributed by atoms with Crippen molar-refractivity contribution in [2.75, 3.05) is 23.3 Å². The maximum Gasteiger partial charge on any atom is 0.336 e. The molecule has 6 nitrogen and oxygen atoms in total. The fraction of sp³-hybridized carbons (Fsp3) is 0.500. The maximum absolute atomic E-state index is 12.0. The van der Waals surface area contributed by atoms with Gasteiger partial charge in [0.05, 0.1) is 11.1 Å². The van der Waals surface area contributed by atoms with Crippen molar-refractivity contribution < 1.29 is 14.7 Å². The molecule has 1 amide bonds. The van der Waals surface area contributed by atoms with Crippen molar-refractivity contribution in [2.45, 2.75) is 46.5 Å². The van der Waals surface area contributed by atoms with E-state index in [2.05, 4.69) is 24.1 Å². The number of amides is 1. The molecular weight excluding hydrogens is 354 g/mol. The highest BCUT2D eigenvalue weighted by atomic mass is 16.4. The number of pyridine rings is 1. The van der Waals surface area contributed by atoms with E-state index in [4.69, 9.17) is 4.98 Å². The molecule has 1 aliphatic heterocycles. The Morgan fingerprint density at radius 2 is 1.93 bits per heavy atom. The number of anilines is 2. The predicted molar refractivity (Wildman–Crippen MR) is 112 cm³/mol. The predicted octanol–water partition coefficient (Wildman–Crippen LogP) is 4.54. The van der Waals surface area contributed by atoms with E-state index in [0.717, 1.165) is 25.9 Å². The molecule has 1 saturated heterocycles. The van der Waals surface area contributed by atoms with E-state index < -0.39 is 5.97 Å². The lowest BCUT2D eigenvalue weighted by Crippen LogP contribution is -2.39. The van der Waals surface area contributed by atoms with Gasteiger partial charge >= 0.3 is 5.97 Å². The third kappa shape index (κ3) is 4.61. The van der Waals surface area contributed by atoms with Crippen molar-refractivity contribution in [1.82, 2.24) is 4.98 Å². The summed E-state index contributed by atoms with van der Waals surface area (Å²) in [4.78, 5) is 30.8. The van der Waals surface area contributed by atoms with Gasteiger partial charge in [0.25, 0.3) is 0 Å². The molecule has 0 radical (unpaired) electrons. The Morgan fingerprint density at radius 1 is 1.21 bits per heavy atom. The van der Waals surface area contributed by atoms with E-state index in [-0.39, 0.29) is 11.5 Å². The molecule has 2 heterocycles. The van der Waals surface area contributed by atoms with E-state index in [0.29, 0.717) is 40.7 Å². The lowest BCUT2D eigenvalue weighted by Gasteiger charge is -2.36. The van der Waals surface area contributed by atoms with Gasteiger partial charge in [-0.05, 0) is 48.9 Å². The molecule has 6 heteroatoms. The second-order valence-electron chi connectivity index (χ2n) is 8.07. The number of nitrogens with one attached hydrogen (secondary N) is 1. The van der Waals surface area contributed by atoms with Gasteiger partial charge in [-0.2, -0.15) is 0 Å². The van der Waals surface area contributed by atoms with Crippen LogP contribution in [0.1, 0.15) is 56.8 Å². The van der Waals surface area contributed by atoms with Crippen molar-refractivity contribution in [3.05, 3.63) is 29.8 Å². The minimum atomic E-state index is -0.985. The van der Waals surface area contributed by atoms with Crippen LogP contribution in [-0.4, -0.2) is 35.1 Å². The van der Waals surface area contributed by atoms with Crippen LogP contribution in [0.5, 0.6) is 0 Å². The highest BCUT2D eigenvalue weighted by Gasteiger charge is 2.24. The molecule has 150 valence electrons. The van der Waals surface area contributed by atoms with Crippen molar-refractivity contribution in [3.8, 4) is 0 Å².